The minimum absolute atomic E-state index is 0.223. The van der Waals surface area contributed by atoms with Gasteiger partial charge in [0.25, 0.3) is 0 Å². The second kappa shape index (κ2) is 9.37. The average Bonchev–Trinajstić information content (AvgIpc) is 2.78. The van der Waals surface area contributed by atoms with E-state index >= 15 is 0 Å². The Hall–Kier alpha value is -3.16. The highest BCUT2D eigenvalue weighted by Crippen LogP contribution is 2.36. The molecule has 172 valence electrons. The maximum atomic E-state index is 13.2. The standard InChI is InChI=1S/C26H27NO5S/c1-17-9-11-19(12-10-17)21-14-13-20(15-18(21)2)33(30,31)27-24-7-3-6-23-22(24)5-4-8-25(23)32-16-26(28)29/h4-5,8-15,24,27H,3,6-7,16H2,1-2H3,(H,28,29)/t24-/m1/s1. The Labute approximate surface area is 194 Å². The van der Waals surface area contributed by atoms with Crippen LogP contribution in [0.15, 0.2) is 65.6 Å². The van der Waals surface area contributed by atoms with Gasteiger partial charge >= 0.3 is 5.97 Å². The van der Waals surface area contributed by atoms with Crippen LogP contribution in [0.1, 0.15) is 41.1 Å². The van der Waals surface area contributed by atoms with Crippen LogP contribution in [0.25, 0.3) is 11.1 Å². The average molecular weight is 466 g/mol. The Morgan fingerprint density at radius 3 is 2.55 bits per heavy atom. The molecule has 1 aliphatic carbocycles. The first-order valence-corrected chi connectivity index (χ1v) is 12.4. The topological polar surface area (TPSA) is 92.7 Å². The fraction of sp³-hybridized carbons (Fsp3) is 0.269. The largest absolute Gasteiger partial charge is 0.482 e. The number of carboxylic acids is 1. The number of carbonyl (C=O) groups is 1. The lowest BCUT2D eigenvalue weighted by Crippen LogP contribution is -2.31. The van der Waals surface area contributed by atoms with E-state index < -0.39 is 28.6 Å². The number of aliphatic carboxylic acids is 1. The maximum absolute atomic E-state index is 13.2. The van der Waals surface area contributed by atoms with Gasteiger partial charge in [0.05, 0.1) is 4.90 Å². The lowest BCUT2D eigenvalue weighted by Gasteiger charge is -2.27. The molecule has 0 aromatic heterocycles. The summed E-state index contributed by atoms with van der Waals surface area (Å²) in [6, 6.07) is 18.3. The highest BCUT2D eigenvalue weighted by molar-refractivity contribution is 7.89. The molecule has 0 aliphatic heterocycles. The number of hydrogen-bond acceptors (Lipinski definition) is 4. The summed E-state index contributed by atoms with van der Waals surface area (Å²) in [6.07, 6.45) is 2.15. The maximum Gasteiger partial charge on any atom is 0.341 e. The molecule has 1 atom stereocenters. The summed E-state index contributed by atoms with van der Waals surface area (Å²) in [5, 5.41) is 8.92. The molecule has 0 fully saturated rings. The van der Waals surface area contributed by atoms with Crippen molar-refractivity contribution in [1.82, 2.24) is 4.72 Å². The lowest BCUT2D eigenvalue weighted by molar-refractivity contribution is -0.139. The Kier molecular flexibility index (Phi) is 6.54. The number of fused-ring (bicyclic) bond motifs is 1. The number of aryl methyl sites for hydroxylation is 2. The predicted molar refractivity (Wildman–Crippen MR) is 127 cm³/mol. The molecule has 4 rings (SSSR count). The van der Waals surface area contributed by atoms with Crippen molar-refractivity contribution < 1.29 is 23.1 Å². The molecule has 33 heavy (non-hydrogen) atoms. The molecule has 6 nitrogen and oxygen atoms in total. The minimum atomic E-state index is -3.75. The summed E-state index contributed by atoms with van der Waals surface area (Å²) in [5.41, 5.74) is 5.80. The summed E-state index contributed by atoms with van der Waals surface area (Å²) in [6.45, 7) is 3.51. The monoisotopic (exact) mass is 465 g/mol. The smallest absolute Gasteiger partial charge is 0.341 e. The van der Waals surface area contributed by atoms with Gasteiger partial charge in [0.2, 0.25) is 10.0 Å². The number of rotatable bonds is 7. The first-order valence-electron chi connectivity index (χ1n) is 10.9. The minimum Gasteiger partial charge on any atom is -0.482 e. The quantitative estimate of drug-likeness (QED) is 0.523. The first kappa shape index (κ1) is 23.0. The summed E-state index contributed by atoms with van der Waals surface area (Å²) in [4.78, 5) is 11.1. The van der Waals surface area contributed by atoms with E-state index in [-0.39, 0.29) is 4.90 Å². The normalized spacial score (nSPS) is 15.6. The van der Waals surface area contributed by atoms with Crippen LogP contribution in [-0.2, 0) is 21.2 Å². The fourth-order valence-electron chi connectivity index (χ4n) is 4.33. The van der Waals surface area contributed by atoms with Gasteiger partial charge in [-0.3, -0.25) is 0 Å². The van der Waals surface area contributed by atoms with Crippen molar-refractivity contribution in [2.24, 2.45) is 0 Å². The zero-order chi connectivity index (χ0) is 23.6. The molecular formula is C26H27NO5S. The van der Waals surface area contributed by atoms with E-state index in [0.29, 0.717) is 18.6 Å². The number of carboxylic acid groups (broad SMARTS) is 1. The van der Waals surface area contributed by atoms with Crippen LogP contribution in [0, 0.1) is 13.8 Å². The molecular weight excluding hydrogens is 438 g/mol. The van der Waals surface area contributed by atoms with Gasteiger partial charge in [-0.1, -0.05) is 48.0 Å². The second-order valence-corrected chi connectivity index (χ2v) is 10.1. The zero-order valence-corrected chi connectivity index (χ0v) is 19.5. The molecule has 1 aliphatic rings. The van der Waals surface area contributed by atoms with Gasteiger partial charge in [-0.2, -0.15) is 0 Å². The van der Waals surface area contributed by atoms with Crippen LogP contribution in [0.2, 0.25) is 0 Å². The van der Waals surface area contributed by atoms with Crippen LogP contribution in [0.3, 0.4) is 0 Å². The van der Waals surface area contributed by atoms with E-state index in [9.17, 15) is 13.2 Å². The number of benzene rings is 3. The molecule has 0 radical (unpaired) electrons. The number of ether oxygens (including phenoxy) is 1. The first-order chi connectivity index (χ1) is 15.7. The van der Waals surface area contributed by atoms with Gasteiger partial charge < -0.3 is 9.84 Å². The van der Waals surface area contributed by atoms with Gasteiger partial charge in [-0.05, 0) is 79.1 Å². The lowest BCUT2D eigenvalue weighted by atomic mass is 9.87. The third-order valence-electron chi connectivity index (χ3n) is 5.98. The summed E-state index contributed by atoms with van der Waals surface area (Å²) in [5.74, 6) is -0.554. The van der Waals surface area contributed by atoms with Crippen molar-refractivity contribution in [2.75, 3.05) is 6.61 Å². The van der Waals surface area contributed by atoms with Crippen LogP contribution >= 0.6 is 0 Å². The molecule has 0 heterocycles. The highest BCUT2D eigenvalue weighted by Gasteiger charge is 2.28. The molecule has 0 amide bonds. The highest BCUT2D eigenvalue weighted by atomic mass is 32.2. The van der Waals surface area contributed by atoms with Crippen molar-refractivity contribution in [3.63, 3.8) is 0 Å². The Bertz CT molecular complexity index is 1280. The van der Waals surface area contributed by atoms with Gasteiger partial charge in [0, 0.05) is 6.04 Å². The fourth-order valence-corrected chi connectivity index (χ4v) is 5.66. The van der Waals surface area contributed by atoms with Crippen LogP contribution in [-0.4, -0.2) is 26.1 Å². The third-order valence-corrected chi connectivity index (χ3v) is 7.45. The number of sulfonamides is 1. The molecule has 0 saturated heterocycles. The molecule has 0 unspecified atom stereocenters. The third kappa shape index (κ3) is 5.10. The Balaban J connectivity index is 1.59. The van der Waals surface area contributed by atoms with Crippen LogP contribution in [0.4, 0.5) is 0 Å². The van der Waals surface area contributed by atoms with Gasteiger partial charge in [0.15, 0.2) is 6.61 Å². The molecule has 3 aromatic carbocycles. The van der Waals surface area contributed by atoms with E-state index in [1.165, 1.54) is 5.56 Å². The number of hydrogen-bond donors (Lipinski definition) is 2. The van der Waals surface area contributed by atoms with Crippen molar-refractivity contribution in [3.05, 3.63) is 82.9 Å². The molecule has 0 spiro atoms. The summed E-state index contributed by atoms with van der Waals surface area (Å²) >= 11 is 0. The van der Waals surface area contributed by atoms with Crippen molar-refractivity contribution in [1.29, 1.82) is 0 Å². The number of nitrogens with one attached hydrogen (secondary N) is 1. The van der Waals surface area contributed by atoms with E-state index in [1.807, 2.05) is 50.2 Å². The summed E-state index contributed by atoms with van der Waals surface area (Å²) in [7, 11) is -3.75. The van der Waals surface area contributed by atoms with E-state index in [4.69, 9.17) is 9.84 Å². The van der Waals surface area contributed by atoms with E-state index in [2.05, 4.69) is 4.72 Å². The SMILES string of the molecule is Cc1ccc(-c2ccc(S(=O)(=O)N[C@@H]3CCCc4c(OCC(=O)O)cccc43)cc2C)cc1. The molecule has 0 saturated carbocycles. The van der Waals surface area contributed by atoms with Gasteiger partial charge in [-0.25, -0.2) is 17.9 Å². The van der Waals surface area contributed by atoms with Crippen molar-refractivity contribution >= 4 is 16.0 Å². The van der Waals surface area contributed by atoms with Crippen LogP contribution < -0.4 is 9.46 Å². The van der Waals surface area contributed by atoms with Crippen molar-refractivity contribution in [2.45, 2.75) is 44.0 Å². The zero-order valence-electron chi connectivity index (χ0n) is 18.7. The van der Waals surface area contributed by atoms with Gasteiger partial charge in [0.1, 0.15) is 5.75 Å². The summed E-state index contributed by atoms with van der Waals surface area (Å²) < 4.78 is 34.8. The van der Waals surface area contributed by atoms with E-state index in [0.717, 1.165) is 34.2 Å². The molecule has 2 N–H and O–H groups in total. The second-order valence-electron chi connectivity index (χ2n) is 8.42. The Morgan fingerprint density at radius 1 is 1.09 bits per heavy atom. The predicted octanol–water partition coefficient (Wildman–Crippen LogP) is 4.79. The van der Waals surface area contributed by atoms with Crippen molar-refractivity contribution in [3.8, 4) is 16.9 Å². The Morgan fingerprint density at radius 2 is 1.85 bits per heavy atom. The van der Waals surface area contributed by atoms with Crippen LogP contribution in [0.5, 0.6) is 5.75 Å². The van der Waals surface area contributed by atoms with E-state index in [1.54, 1.807) is 24.3 Å². The molecule has 0 bridgehead atoms. The molecule has 7 heteroatoms. The van der Waals surface area contributed by atoms with Gasteiger partial charge in [-0.15, -0.1) is 0 Å². The molecule has 3 aromatic rings.